The van der Waals surface area contributed by atoms with E-state index in [2.05, 4.69) is 71.7 Å². The third-order valence-electron chi connectivity index (χ3n) is 4.70. The Morgan fingerprint density at radius 3 is 2.48 bits per heavy atom. The molecule has 0 bridgehead atoms. The molecule has 140 valence electrons. The van der Waals surface area contributed by atoms with Crippen molar-refractivity contribution in [3.63, 3.8) is 0 Å². The van der Waals surface area contributed by atoms with Gasteiger partial charge in [0.15, 0.2) is 0 Å². The fraction of sp³-hybridized carbons (Fsp3) is 0.227. The van der Waals surface area contributed by atoms with E-state index in [1.807, 2.05) is 6.07 Å². The number of carbonyl (C=O) groups is 1. The highest BCUT2D eigenvalue weighted by Crippen LogP contribution is 2.32. The molecule has 27 heavy (non-hydrogen) atoms. The monoisotopic (exact) mass is 398 g/mol. The van der Waals surface area contributed by atoms with Crippen molar-refractivity contribution in [2.24, 2.45) is 0 Å². The molecule has 1 amide bonds. The summed E-state index contributed by atoms with van der Waals surface area (Å²) in [5.41, 5.74) is 4.99. The minimum atomic E-state index is 0. The lowest BCUT2D eigenvalue weighted by molar-refractivity contribution is 0.0955. The molecule has 0 spiro atoms. The summed E-state index contributed by atoms with van der Waals surface area (Å²) >= 11 is 1.63. The van der Waals surface area contributed by atoms with Crippen LogP contribution >= 0.6 is 23.7 Å². The van der Waals surface area contributed by atoms with Crippen molar-refractivity contribution in [1.29, 1.82) is 0 Å². The lowest BCUT2D eigenvalue weighted by Crippen LogP contribution is -2.22. The molecule has 4 rings (SSSR count). The van der Waals surface area contributed by atoms with Gasteiger partial charge < -0.3 is 5.32 Å². The van der Waals surface area contributed by atoms with Crippen molar-refractivity contribution in [3.05, 3.63) is 92.7 Å². The lowest BCUT2D eigenvalue weighted by Gasteiger charge is -2.14. The molecule has 3 nitrogen and oxygen atoms in total. The van der Waals surface area contributed by atoms with E-state index in [1.165, 1.54) is 21.6 Å². The first-order valence-electron chi connectivity index (χ1n) is 8.89. The van der Waals surface area contributed by atoms with Crippen LogP contribution in [0.1, 0.15) is 36.8 Å². The number of thiophene rings is 1. The maximum atomic E-state index is 12.4. The van der Waals surface area contributed by atoms with E-state index < -0.39 is 0 Å². The number of carbonyl (C=O) groups excluding carboxylic acids is 1. The van der Waals surface area contributed by atoms with Gasteiger partial charge in [-0.15, -0.1) is 23.7 Å². The Morgan fingerprint density at radius 2 is 1.78 bits per heavy atom. The van der Waals surface area contributed by atoms with Gasteiger partial charge in [-0.05, 0) is 29.7 Å². The highest BCUT2D eigenvalue weighted by atomic mass is 35.5. The molecule has 0 fully saturated rings. The van der Waals surface area contributed by atoms with E-state index in [0.717, 1.165) is 30.1 Å². The zero-order valence-electron chi connectivity index (χ0n) is 15.3. The summed E-state index contributed by atoms with van der Waals surface area (Å²) in [6.07, 6.45) is 0. The van der Waals surface area contributed by atoms with E-state index in [-0.39, 0.29) is 18.3 Å². The number of halogens is 1. The van der Waals surface area contributed by atoms with Crippen LogP contribution in [0.3, 0.4) is 0 Å². The molecule has 5 heteroatoms. The molecule has 3 aromatic rings. The van der Waals surface area contributed by atoms with Crippen LogP contribution in [0.2, 0.25) is 0 Å². The number of nitrogens with one attached hydrogen (secondary N) is 1. The molecule has 2 aromatic carbocycles. The Labute approximate surface area is 170 Å². The summed E-state index contributed by atoms with van der Waals surface area (Å²) in [4.78, 5) is 17.0. The van der Waals surface area contributed by atoms with Crippen molar-refractivity contribution >= 4 is 29.7 Å². The second kappa shape index (κ2) is 8.70. The van der Waals surface area contributed by atoms with Crippen molar-refractivity contribution in [3.8, 4) is 0 Å². The van der Waals surface area contributed by atoms with Gasteiger partial charge in [0.1, 0.15) is 0 Å². The van der Waals surface area contributed by atoms with Gasteiger partial charge >= 0.3 is 0 Å². The topological polar surface area (TPSA) is 32.3 Å². The molecule has 0 atom stereocenters. The van der Waals surface area contributed by atoms with E-state index in [4.69, 9.17) is 0 Å². The molecular formula is C22H23ClN2OS. The third kappa shape index (κ3) is 4.78. The number of benzene rings is 2. The van der Waals surface area contributed by atoms with Gasteiger partial charge in [-0.1, -0.05) is 60.2 Å². The second-order valence-electron chi connectivity index (χ2n) is 6.86. The van der Waals surface area contributed by atoms with Gasteiger partial charge in [0.2, 0.25) is 0 Å². The van der Waals surface area contributed by atoms with E-state index in [9.17, 15) is 4.79 Å². The largest absolute Gasteiger partial charge is 0.347 e. The number of hydrogen-bond acceptors (Lipinski definition) is 3. The quantitative estimate of drug-likeness (QED) is 0.661. The standard InChI is InChI=1S/C22H22N2OS.ClH/c1-16-7-9-17(10-8-16)12-23-22(25)20-11-19-14-24(15-21(19)26-20)13-18-5-3-2-4-6-18;/h2-11H,12-15H2,1H3,(H,23,25);1H. The zero-order valence-corrected chi connectivity index (χ0v) is 16.9. The Morgan fingerprint density at radius 1 is 1.04 bits per heavy atom. The maximum absolute atomic E-state index is 12.4. The molecule has 1 aliphatic rings. The molecule has 1 N–H and O–H groups in total. The van der Waals surface area contributed by atoms with Crippen LogP contribution in [0.4, 0.5) is 0 Å². The van der Waals surface area contributed by atoms with Crippen LogP contribution in [0.5, 0.6) is 0 Å². The van der Waals surface area contributed by atoms with Crippen LogP contribution < -0.4 is 5.32 Å². The molecule has 0 unspecified atom stereocenters. The van der Waals surface area contributed by atoms with E-state index in [0.29, 0.717) is 6.54 Å². The first kappa shape index (κ1) is 19.6. The molecule has 0 aliphatic carbocycles. The van der Waals surface area contributed by atoms with Crippen molar-refractivity contribution in [1.82, 2.24) is 10.2 Å². The van der Waals surface area contributed by atoms with E-state index >= 15 is 0 Å². The predicted octanol–water partition coefficient (Wildman–Crippen LogP) is 4.92. The molecule has 0 radical (unpaired) electrons. The summed E-state index contributed by atoms with van der Waals surface area (Å²) in [5, 5.41) is 3.03. The van der Waals surface area contributed by atoms with Gasteiger partial charge in [0, 0.05) is 31.1 Å². The summed E-state index contributed by atoms with van der Waals surface area (Å²) < 4.78 is 0. The molecular weight excluding hydrogens is 376 g/mol. The number of hydrogen-bond donors (Lipinski definition) is 1. The third-order valence-corrected chi connectivity index (χ3v) is 5.87. The Balaban J connectivity index is 0.00000210. The molecule has 0 saturated carbocycles. The Bertz CT molecular complexity index is 882. The highest BCUT2D eigenvalue weighted by Gasteiger charge is 2.23. The van der Waals surface area contributed by atoms with Gasteiger partial charge in [-0.3, -0.25) is 9.69 Å². The van der Waals surface area contributed by atoms with E-state index in [1.54, 1.807) is 11.3 Å². The van der Waals surface area contributed by atoms with Crippen LogP contribution in [-0.4, -0.2) is 10.8 Å². The average Bonchev–Trinajstić information content (AvgIpc) is 3.20. The SMILES string of the molecule is Cc1ccc(CNC(=O)c2cc3c(s2)CN(Cc2ccccc2)C3)cc1.Cl. The summed E-state index contributed by atoms with van der Waals surface area (Å²) in [6.45, 7) is 5.45. The highest BCUT2D eigenvalue weighted by molar-refractivity contribution is 7.14. The van der Waals surface area contributed by atoms with Crippen LogP contribution in [0.15, 0.2) is 60.7 Å². The fourth-order valence-electron chi connectivity index (χ4n) is 3.27. The number of fused-ring (bicyclic) bond motifs is 1. The summed E-state index contributed by atoms with van der Waals surface area (Å²) in [6, 6.07) is 20.9. The number of aryl methyl sites for hydroxylation is 1. The lowest BCUT2D eigenvalue weighted by atomic mass is 10.1. The van der Waals surface area contributed by atoms with Crippen molar-refractivity contribution in [2.45, 2.75) is 33.1 Å². The Kier molecular flexibility index (Phi) is 6.32. The normalized spacial score (nSPS) is 13.1. The van der Waals surface area contributed by atoms with Gasteiger partial charge in [-0.2, -0.15) is 0 Å². The maximum Gasteiger partial charge on any atom is 0.261 e. The van der Waals surface area contributed by atoms with Crippen LogP contribution in [0, 0.1) is 6.92 Å². The van der Waals surface area contributed by atoms with Crippen LogP contribution in [0.25, 0.3) is 0 Å². The fourth-order valence-corrected chi connectivity index (χ4v) is 4.41. The molecule has 1 aromatic heterocycles. The summed E-state index contributed by atoms with van der Waals surface area (Å²) in [5.74, 6) is 0.0274. The van der Waals surface area contributed by atoms with Gasteiger partial charge in [0.05, 0.1) is 4.88 Å². The molecule has 1 aliphatic heterocycles. The predicted molar refractivity (Wildman–Crippen MR) is 113 cm³/mol. The second-order valence-corrected chi connectivity index (χ2v) is 7.99. The minimum absolute atomic E-state index is 0. The van der Waals surface area contributed by atoms with Gasteiger partial charge in [-0.25, -0.2) is 0 Å². The van der Waals surface area contributed by atoms with Crippen molar-refractivity contribution < 1.29 is 4.79 Å². The van der Waals surface area contributed by atoms with Crippen LogP contribution in [-0.2, 0) is 26.2 Å². The summed E-state index contributed by atoms with van der Waals surface area (Å²) in [7, 11) is 0. The molecule has 2 heterocycles. The first-order chi connectivity index (χ1) is 12.7. The zero-order chi connectivity index (χ0) is 17.9. The minimum Gasteiger partial charge on any atom is -0.347 e. The number of rotatable bonds is 5. The molecule has 0 saturated heterocycles. The Hall–Kier alpha value is -2.14. The van der Waals surface area contributed by atoms with Crippen molar-refractivity contribution in [2.75, 3.05) is 0 Å². The number of amides is 1. The average molecular weight is 399 g/mol. The smallest absolute Gasteiger partial charge is 0.261 e. The van der Waals surface area contributed by atoms with Gasteiger partial charge in [0.25, 0.3) is 5.91 Å². The first-order valence-corrected chi connectivity index (χ1v) is 9.70. The number of nitrogens with zero attached hydrogens (tertiary/aromatic N) is 1.